The predicted octanol–water partition coefficient (Wildman–Crippen LogP) is 0.674. The summed E-state index contributed by atoms with van der Waals surface area (Å²) in [7, 11) is 0. The van der Waals surface area contributed by atoms with E-state index in [2.05, 4.69) is 4.98 Å². The summed E-state index contributed by atoms with van der Waals surface area (Å²) in [6, 6.07) is 1.66. The zero-order chi connectivity index (χ0) is 11.5. The van der Waals surface area contributed by atoms with Crippen molar-refractivity contribution >= 4 is 5.82 Å². The van der Waals surface area contributed by atoms with Crippen molar-refractivity contribution in [2.45, 2.75) is 25.5 Å². The Morgan fingerprint density at radius 2 is 2.19 bits per heavy atom. The van der Waals surface area contributed by atoms with Crippen LogP contribution >= 0.6 is 0 Å². The fraction of sp³-hybridized carbons (Fsp3) is 0.545. The minimum atomic E-state index is -0.451. The second-order valence-electron chi connectivity index (χ2n) is 3.94. The Balaban J connectivity index is 2.28. The van der Waals surface area contributed by atoms with Gasteiger partial charge in [-0.25, -0.2) is 9.37 Å². The van der Waals surface area contributed by atoms with Crippen molar-refractivity contribution in [1.29, 1.82) is 0 Å². The Hall–Kier alpha value is -1.20. The maximum atomic E-state index is 13.0. The van der Waals surface area contributed by atoms with Gasteiger partial charge in [-0.1, -0.05) is 0 Å². The van der Waals surface area contributed by atoms with Gasteiger partial charge in [0.15, 0.2) is 0 Å². The summed E-state index contributed by atoms with van der Waals surface area (Å²) in [6.07, 6.45) is 3.26. The number of anilines is 1. The van der Waals surface area contributed by atoms with Gasteiger partial charge in [0.05, 0.1) is 19.4 Å². The van der Waals surface area contributed by atoms with E-state index >= 15 is 0 Å². The van der Waals surface area contributed by atoms with Crippen molar-refractivity contribution in [3.63, 3.8) is 0 Å². The van der Waals surface area contributed by atoms with E-state index in [1.807, 2.05) is 4.90 Å². The number of halogens is 1. The standard InChI is InChI=1S/C11H15FN2O2/c12-9-5-8(7-16)11(13-6-9)14(3-4-15)10-1-2-10/h5-6,10,15-16H,1-4,7H2. The van der Waals surface area contributed by atoms with Gasteiger partial charge in [0.1, 0.15) is 11.6 Å². The molecule has 1 aromatic rings. The van der Waals surface area contributed by atoms with Crippen molar-refractivity contribution in [2.75, 3.05) is 18.1 Å². The molecule has 1 aliphatic carbocycles. The van der Waals surface area contributed by atoms with Crippen LogP contribution in [0.15, 0.2) is 12.3 Å². The molecule has 0 radical (unpaired) electrons. The predicted molar refractivity (Wildman–Crippen MR) is 57.6 cm³/mol. The van der Waals surface area contributed by atoms with Crippen LogP contribution in [0.3, 0.4) is 0 Å². The van der Waals surface area contributed by atoms with E-state index in [1.54, 1.807) is 0 Å². The Morgan fingerprint density at radius 1 is 1.44 bits per heavy atom. The Bertz CT molecular complexity index is 369. The molecule has 0 spiro atoms. The Kier molecular flexibility index (Phi) is 3.36. The first-order valence-electron chi connectivity index (χ1n) is 5.39. The van der Waals surface area contributed by atoms with Crippen molar-refractivity contribution in [1.82, 2.24) is 4.98 Å². The fourth-order valence-electron chi connectivity index (χ4n) is 1.80. The van der Waals surface area contributed by atoms with Crippen LogP contribution in [-0.2, 0) is 6.61 Å². The third kappa shape index (κ3) is 2.31. The molecular weight excluding hydrogens is 211 g/mol. The maximum Gasteiger partial charge on any atom is 0.142 e. The Morgan fingerprint density at radius 3 is 2.75 bits per heavy atom. The maximum absolute atomic E-state index is 13.0. The van der Waals surface area contributed by atoms with E-state index in [-0.39, 0.29) is 13.2 Å². The zero-order valence-corrected chi connectivity index (χ0v) is 8.93. The number of rotatable bonds is 5. The van der Waals surface area contributed by atoms with Gasteiger partial charge in [0, 0.05) is 18.2 Å². The van der Waals surface area contributed by atoms with Crippen LogP contribution in [0, 0.1) is 5.82 Å². The minimum absolute atomic E-state index is 0.0282. The number of aromatic nitrogens is 1. The zero-order valence-electron chi connectivity index (χ0n) is 8.93. The molecule has 0 aliphatic heterocycles. The van der Waals surface area contributed by atoms with E-state index in [9.17, 15) is 4.39 Å². The first-order chi connectivity index (χ1) is 7.76. The number of nitrogens with zero attached hydrogens (tertiary/aromatic N) is 2. The monoisotopic (exact) mass is 226 g/mol. The van der Waals surface area contributed by atoms with Gasteiger partial charge in [-0.2, -0.15) is 0 Å². The minimum Gasteiger partial charge on any atom is -0.395 e. The first-order valence-corrected chi connectivity index (χ1v) is 5.39. The molecule has 88 valence electrons. The molecule has 2 N–H and O–H groups in total. The molecule has 0 bridgehead atoms. The van der Waals surface area contributed by atoms with Gasteiger partial charge in [0.2, 0.25) is 0 Å². The van der Waals surface area contributed by atoms with E-state index in [0.29, 0.717) is 24.0 Å². The molecule has 0 atom stereocenters. The molecule has 0 saturated heterocycles. The fourth-order valence-corrected chi connectivity index (χ4v) is 1.80. The number of hydrogen-bond donors (Lipinski definition) is 2. The number of aliphatic hydroxyl groups excluding tert-OH is 2. The molecule has 0 aromatic carbocycles. The van der Waals surface area contributed by atoms with Crippen molar-refractivity contribution < 1.29 is 14.6 Å². The van der Waals surface area contributed by atoms with E-state index in [4.69, 9.17) is 10.2 Å². The van der Waals surface area contributed by atoms with Crippen molar-refractivity contribution in [3.8, 4) is 0 Å². The van der Waals surface area contributed by atoms with Crippen molar-refractivity contribution in [2.24, 2.45) is 0 Å². The number of hydrogen-bond acceptors (Lipinski definition) is 4. The molecule has 1 heterocycles. The second kappa shape index (κ2) is 4.76. The average Bonchev–Trinajstić information content (AvgIpc) is 3.10. The van der Waals surface area contributed by atoms with Gasteiger partial charge in [-0.05, 0) is 18.9 Å². The molecule has 0 unspecified atom stereocenters. The van der Waals surface area contributed by atoms with Crippen LogP contribution < -0.4 is 4.90 Å². The Labute approximate surface area is 93.3 Å². The third-order valence-corrected chi connectivity index (χ3v) is 2.68. The highest BCUT2D eigenvalue weighted by atomic mass is 19.1. The highest BCUT2D eigenvalue weighted by Crippen LogP contribution is 2.32. The molecule has 1 saturated carbocycles. The summed E-state index contributed by atoms with van der Waals surface area (Å²) in [5, 5.41) is 18.2. The molecular formula is C11H15FN2O2. The lowest BCUT2D eigenvalue weighted by molar-refractivity contribution is 0.279. The van der Waals surface area contributed by atoms with Crippen LogP contribution in [0.4, 0.5) is 10.2 Å². The second-order valence-corrected chi connectivity index (χ2v) is 3.94. The molecule has 1 aliphatic rings. The quantitative estimate of drug-likeness (QED) is 0.775. The van der Waals surface area contributed by atoms with E-state index in [1.165, 1.54) is 6.07 Å². The molecule has 0 amide bonds. The lowest BCUT2D eigenvalue weighted by Crippen LogP contribution is -2.30. The van der Waals surface area contributed by atoms with Gasteiger partial charge in [-0.3, -0.25) is 0 Å². The summed E-state index contributed by atoms with van der Waals surface area (Å²) >= 11 is 0. The molecule has 2 rings (SSSR count). The van der Waals surface area contributed by atoms with Crippen LogP contribution in [0.5, 0.6) is 0 Å². The van der Waals surface area contributed by atoms with Crippen LogP contribution in [0.1, 0.15) is 18.4 Å². The SMILES string of the molecule is OCCN(c1ncc(F)cc1CO)C1CC1. The van der Waals surface area contributed by atoms with Gasteiger partial charge >= 0.3 is 0 Å². The third-order valence-electron chi connectivity index (χ3n) is 2.68. The van der Waals surface area contributed by atoms with E-state index < -0.39 is 5.82 Å². The molecule has 1 aromatic heterocycles. The summed E-state index contributed by atoms with van der Waals surface area (Å²) in [6.45, 7) is 0.255. The largest absolute Gasteiger partial charge is 0.395 e. The molecule has 1 fully saturated rings. The first kappa shape index (κ1) is 11.3. The molecule has 4 nitrogen and oxygen atoms in total. The normalized spacial score (nSPS) is 15.2. The summed E-state index contributed by atoms with van der Waals surface area (Å²) in [4.78, 5) is 5.94. The van der Waals surface area contributed by atoms with Crippen LogP contribution in [-0.4, -0.2) is 34.4 Å². The van der Waals surface area contributed by atoms with Crippen LogP contribution in [0.25, 0.3) is 0 Å². The summed E-state index contributed by atoms with van der Waals surface area (Å²) in [5.41, 5.74) is 0.473. The summed E-state index contributed by atoms with van der Waals surface area (Å²) < 4.78 is 13.0. The molecule has 5 heteroatoms. The number of pyridine rings is 1. The lowest BCUT2D eigenvalue weighted by atomic mass is 10.2. The number of aliphatic hydroxyl groups is 2. The highest BCUT2D eigenvalue weighted by molar-refractivity contribution is 5.48. The topological polar surface area (TPSA) is 56.6 Å². The van der Waals surface area contributed by atoms with E-state index in [0.717, 1.165) is 19.0 Å². The summed E-state index contributed by atoms with van der Waals surface area (Å²) in [5.74, 6) is 0.132. The van der Waals surface area contributed by atoms with Crippen molar-refractivity contribution in [3.05, 3.63) is 23.6 Å². The lowest BCUT2D eigenvalue weighted by Gasteiger charge is -2.24. The smallest absolute Gasteiger partial charge is 0.142 e. The highest BCUT2D eigenvalue weighted by Gasteiger charge is 2.30. The van der Waals surface area contributed by atoms with Gasteiger partial charge in [0.25, 0.3) is 0 Å². The average molecular weight is 226 g/mol. The van der Waals surface area contributed by atoms with Gasteiger partial charge < -0.3 is 15.1 Å². The molecule has 16 heavy (non-hydrogen) atoms. The van der Waals surface area contributed by atoms with Gasteiger partial charge in [-0.15, -0.1) is 0 Å². The van der Waals surface area contributed by atoms with Crippen LogP contribution in [0.2, 0.25) is 0 Å².